The van der Waals surface area contributed by atoms with E-state index in [0.717, 1.165) is 24.6 Å². The van der Waals surface area contributed by atoms with Crippen LogP contribution in [0.3, 0.4) is 0 Å². The maximum atomic E-state index is 11.9. The van der Waals surface area contributed by atoms with E-state index in [-0.39, 0.29) is 5.91 Å². The molecule has 6 heteroatoms. The zero-order valence-electron chi connectivity index (χ0n) is 14.2. The highest BCUT2D eigenvalue weighted by Gasteiger charge is 2.05. The van der Waals surface area contributed by atoms with Crippen LogP contribution >= 0.6 is 0 Å². The summed E-state index contributed by atoms with van der Waals surface area (Å²) in [4.78, 5) is 16.1. The molecule has 0 aliphatic rings. The molecule has 3 N–H and O–H groups in total. The molecular formula is C18H25N5O. The molecule has 128 valence electrons. The van der Waals surface area contributed by atoms with Crippen molar-refractivity contribution in [2.45, 2.75) is 20.0 Å². The number of hydrogen-bond donors (Lipinski definition) is 3. The van der Waals surface area contributed by atoms with Crippen molar-refractivity contribution < 1.29 is 4.79 Å². The van der Waals surface area contributed by atoms with E-state index in [4.69, 9.17) is 0 Å². The summed E-state index contributed by atoms with van der Waals surface area (Å²) in [6, 6.07) is 11.6. The van der Waals surface area contributed by atoms with Gasteiger partial charge in [0.05, 0.1) is 0 Å². The van der Waals surface area contributed by atoms with E-state index in [2.05, 4.69) is 25.5 Å². The molecule has 0 aliphatic heterocycles. The van der Waals surface area contributed by atoms with Crippen molar-refractivity contribution in [1.82, 2.24) is 20.5 Å². The first-order valence-corrected chi connectivity index (χ1v) is 8.15. The summed E-state index contributed by atoms with van der Waals surface area (Å²) < 4.78 is 2.11. The maximum Gasteiger partial charge on any atom is 0.251 e. The van der Waals surface area contributed by atoms with Crippen LogP contribution in [-0.4, -0.2) is 36.6 Å². The molecule has 0 saturated heterocycles. The number of carbonyl (C=O) groups is 1. The first-order valence-electron chi connectivity index (χ1n) is 8.15. The number of hydrogen-bond acceptors (Lipinski definition) is 2. The topological polar surface area (TPSA) is 70.4 Å². The van der Waals surface area contributed by atoms with Crippen molar-refractivity contribution in [2.24, 2.45) is 4.99 Å². The number of nitrogens with one attached hydrogen (secondary N) is 3. The Hall–Kier alpha value is -2.76. The number of aromatic nitrogens is 1. The summed E-state index contributed by atoms with van der Waals surface area (Å²) >= 11 is 0. The number of guanidine groups is 1. The van der Waals surface area contributed by atoms with E-state index in [1.54, 1.807) is 7.05 Å². The number of aliphatic imine (C=N–C) groups is 1. The minimum atomic E-state index is -0.0476. The number of nitrogens with zero attached hydrogens (tertiary/aromatic N) is 2. The molecule has 0 atom stereocenters. The fourth-order valence-electron chi connectivity index (χ4n) is 2.31. The molecule has 0 fully saturated rings. The molecule has 0 radical (unpaired) electrons. The van der Waals surface area contributed by atoms with E-state index in [0.29, 0.717) is 18.7 Å². The van der Waals surface area contributed by atoms with Crippen molar-refractivity contribution >= 4 is 11.9 Å². The van der Waals surface area contributed by atoms with E-state index in [1.807, 2.05) is 55.7 Å². The van der Waals surface area contributed by atoms with Crippen LogP contribution in [0.25, 0.3) is 0 Å². The van der Waals surface area contributed by atoms with Crippen LogP contribution in [0.5, 0.6) is 0 Å². The SMILES string of the molecule is CCNC(=O)c1cccc(CNC(=NC)NCCn2cccc2)c1. The average Bonchev–Trinajstić information content (AvgIpc) is 3.12. The van der Waals surface area contributed by atoms with Gasteiger partial charge in [-0.3, -0.25) is 9.79 Å². The molecule has 1 aromatic carbocycles. The third-order valence-electron chi connectivity index (χ3n) is 3.54. The number of rotatable bonds is 7. The fourth-order valence-corrected chi connectivity index (χ4v) is 2.31. The lowest BCUT2D eigenvalue weighted by Crippen LogP contribution is -2.38. The Labute approximate surface area is 143 Å². The minimum absolute atomic E-state index is 0.0476. The lowest BCUT2D eigenvalue weighted by molar-refractivity contribution is 0.0955. The van der Waals surface area contributed by atoms with Crippen LogP contribution in [0.1, 0.15) is 22.8 Å². The van der Waals surface area contributed by atoms with Gasteiger partial charge < -0.3 is 20.5 Å². The molecular weight excluding hydrogens is 302 g/mol. The zero-order valence-corrected chi connectivity index (χ0v) is 14.2. The van der Waals surface area contributed by atoms with Crippen LogP contribution in [0.15, 0.2) is 53.8 Å². The van der Waals surface area contributed by atoms with E-state index >= 15 is 0 Å². The Kier molecular flexibility index (Phi) is 6.89. The summed E-state index contributed by atoms with van der Waals surface area (Å²) in [5, 5.41) is 9.34. The second-order valence-electron chi connectivity index (χ2n) is 5.33. The highest BCUT2D eigenvalue weighted by Crippen LogP contribution is 2.05. The summed E-state index contributed by atoms with van der Waals surface area (Å²) in [5.74, 6) is 0.694. The predicted molar refractivity (Wildman–Crippen MR) is 97.1 cm³/mol. The molecule has 0 unspecified atom stereocenters. The second-order valence-corrected chi connectivity index (χ2v) is 5.33. The molecule has 0 saturated carbocycles. The Morgan fingerprint density at radius 2 is 1.92 bits per heavy atom. The Morgan fingerprint density at radius 3 is 2.62 bits per heavy atom. The van der Waals surface area contributed by atoms with Crippen molar-refractivity contribution in [3.05, 3.63) is 59.9 Å². The van der Waals surface area contributed by atoms with Gasteiger partial charge in [0.1, 0.15) is 0 Å². The molecule has 24 heavy (non-hydrogen) atoms. The standard InChI is InChI=1S/C18H25N5O/c1-3-20-17(24)16-8-6-7-15(13-16)14-22-18(19-2)21-9-12-23-10-4-5-11-23/h4-8,10-11,13H,3,9,12,14H2,1-2H3,(H,20,24)(H2,19,21,22). The van der Waals surface area contributed by atoms with Crippen LogP contribution in [0, 0.1) is 0 Å². The molecule has 0 bridgehead atoms. The Bertz CT molecular complexity index is 664. The van der Waals surface area contributed by atoms with Gasteiger partial charge in [0.25, 0.3) is 5.91 Å². The highest BCUT2D eigenvalue weighted by atomic mass is 16.1. The molecule has 1 aromatic heterocycles. The van der Waals surface area contributed by atoms with Gasteiger partial charge in [0.2, 0.25) is 0 Å². The summed E-state index contributed by atoms with van der Waals surface area (Å²) in [5.41, 5.74) is 1.71. The smallest absolute Gasteiger partial charge is 0.251 e. The quantitative estimate of drug-likeness (QED) is 0.534. The average molecular weight is 327 g/mol. The molecule has 0 spiro atoms. The van der Waals surface area contributed by atoms with Crippen molar-refractivity contribution in [3.8, 4) is 0 Å². The molecule has 6 nitrogen and oxygen atoms in total. The minimum Gasteiger partial charge on any atom is -0.355 e. The molecule has 0 aliphatic carbocycles. The van der Waals surface area contributed by atoms with Crippen LogP contribution in [0.4, 0.5) is 0 Å². The summed E-state index contributed by atoms with van der Waals surface area (Å²) in [6.45, 7) is 4.80. The number of benzene rings is 1. The van der Waals surface area contributed by atoms with Gasteiger partial charge in [-0.05, 0) is 36.8 Å². The Balaban J connectivity index is 1.82. The third kappa shape index (κ3) is 5.46. The van der Waals surface area contributed by atoms with Crippen LogP contribution in [-0.2, 0) is 13.1 Å². The molecule has 1 heterocycles. The lowest BCUT2D eigenvalue weighted by atomic mass is 10.1. The number of amides is 1. The van der Waals surface area contributed by atoms with Gasteiger partial charge in [0.15, 0.2) is 5.96 Å². The molecule has 1 amide bonds. The van der Waals surface area contributed by atoms with Gasteiger partial charge in [-0.25, -0.2) is 0 Å². The van der Waals surface area contributed by atoms with E-state index < -0.39 is 0 Å². The zero-order chi connectivity index (χ0) is 17.2. The Morgan fingerprint density at radius 1 is 1.12 bits per heavy atom. The summed E-state index contributed by atoms with van der Waals surface area (Å²) in [6.07, 6.45) is 4.06. The summed E-state index contributed by atoms with van der Waals surface area (Å²) in [7, 11) is 1.75. The van der Waals surface area contributed by atoms with Crippen LogP contribution in [0.2, 0.25) is 0 Å². The van der Waals surface area contributed by atoms with Crippen LogP contribution < -0.4 is 16.0 Å². The van der Waals surface area contributed by atoms with E-state index in [9.17, 15) is 4.79 Å². The highest BCUT2D eigenvalue weighted by molar-refractivity contribution is 5.94. The maximum absolute atomic E-state index is 11.9. The van der Waals surface area contributed by atoms with Gasteiger partial charge in [0, 0.05) is 51.2 Å². The second kappa shape index (κ2) is 9.39. The lowest BCUT2D eigenvalue weighted by Gasteiger charge is -2.13. The first-order chi connectivity index (χ1) is 11.7. The van der Waals surface area contributed by atoms with Gasteiger partial charge in [-0.15, -0.1) is 0 Å². The molecule has 2 rings (SSSR count). The van der Waals surface area contributed by atoms with Crippen molar-refractivity contribution in [3.63, 3.8) is 0 Å². The van der Waals surface area contributed by atoms with Gasteiger partial charge in [-0.2, -0.15) is 0 Å². The first kappa shape index (κ1) is 17.6. The van der Waals surface area contributed by atoms with Crippen molar-refractivity contribution in [2.75, 3.05) is 20.1 Å². The number of carbonyl (C=O) groups excluding carboxylic acids is 1. The third-order valence-corrected chi connectivity index (χ3v) is 3.54. The van der Waals surface area contributed by atoms with Gasteiger partial charge >= 0.3 is 0 Å². The van der Waals surface area contributed by atoms with Gasteiger partial charge in [-0.1, -0.05) is 12.1 Å². The van der Waals surface area contributed by atoms with Crippen molar-refractivity contribution in [1.29, 1.82) is 0 Å². The molecule has 2 aromatic rings. The fraction of sp³-hybridized carbons (Fsp3) is 0.333. The predicted octanol–water partition coefficient (Wildman–Crippen LogP) is 1.60. The normalized spacial score (nSPS) is 11.2. The van der Waals surface area contributed by atoms with E-state index in [1.165, 1.54) is 0 Å². The largest absolute Gasteiger partial charge is 0.355 e. The monoisotopic (exact) mass is 327 g/mol.